The topological polar surface area (TPSA) is 52.6 Å². The minimum absolute atomic E-state index is 0.161. The number of nitrogens with one attached hydrogen (secondary N) is 1. The van der Waals surface area contributed by atoms with Crippen molar-refractivity contribution >= 4 is 5.91 Å². The average molecular weight is 292 g/mol. The van der Waals surface area contributed by atoms with Crippen molar-refractivity contribution in [1.82, 2.24) is 10.2 Å². The van der Waals surface area contributed by atoms with Crippen LogP contribution in [0.1, 0.15) is 29.8 Å². The number of carbonyl (C=O) groups excluding carboxylic acids is 1. The van der Waals surface area contributed by atoms with E-state index < -0.39 is 5.82 Å². The molecule has 0 bridgehead atoms. The van der Waals surface area contributed by atoms with Crippen molar-refractivity contribution in [1.29, 1.82) is 0 Å². The van der Waals surface area contributed by atoms with Crippen LogP contribution in [0.15, 0.2) is 18.2 Å². The van der Waals surface area contributed by atoms with Gasteiger partial charge in [0, 0.05) is 17.6 Å². The summed E-state index contributed by atoms with van der Waals surface area (Å²) in [5.74, 6) is 3.96. The molecule has 2 N–H and O–H groups in total. The predicted octanol–water partition coefficient (Wildman–Crippen LogP) is 1.24. The van der Waals surface area contributed by atoms with Gasteiger partial charge in [-0.15, -0.1) is 0 Å². The van der Waals surface area contributed by atoms with Gasteiger partial charge in [-0.25, -0.2) is 4.39 Å². The smallest absolute Gasteiger partial charge is 0.251 e. The van der Waals surface area contributed by atoms with Crippen LogP contribution in [-0.4, -0.2) is 48.7 Å². The SMILES string of the molecule is CN(C)C(C)(C)CNC(=O)c1ccc(C#CCO)c(F)c1. The van der Waals surface area contributed by atoms with E-state index in [1.807, 2.05) is 32.8 Å². The van der Waals surface area contributed by atoms with Crippen LogP contribution in [0.2, 0.25) is 0 Å². The molecule has 5 heteroatoms. The lowest BCUT2D eigenvalue weighted by Gasteiger charge is -2.32. The summed E-state index contributed by atoms with van der Waals surface area (Å²) in [6.45, 7) is 4.12. The molecule has 114 valence electrons. The second-order valence-corrected chi connectivity index (χ2v) is 5.54. The van der Waals surface area contributed by atoms with Gasteiger partial charge in [0.2, 0.25) is 0 Å². The summed E-state index contributed by atoms with van der Waals surface area (Å²) >= 11 is 0. The van der Waals surface area contributed by atoms with Crippen molar-refractivity contribution in [3.8, 4) is 11.8 Å². The number of rotatable bonds is 4. The van der Waals surface area contributed by atoms with Gasteiger partial charge in [-0.1, -0.05) is 11.8 Å². The Kier molecular flexibility index (Phi) is 5.89. The van der Waals surface area contributed by atoms with Gasteiger partial charge in [-0.05, 0) is 46.1 Å². The number of aliphatic hydroxyl groups is 1. The maximum atomic E-state index is 13.8. The van der Waals surface area contributed by atoms with Gasteiger partial charge >= 0.3 is 0 Å². The van der Waals surface area contributed by atoms with E-state index in [1.54, 1.807) is 0 Å². The molecule has 0 radical (unpaired) electrons. The van der Waals surface area contributed by atoms with E-state index in [4.69, 9.17) is 5.11 Å². The molecule has 0 saturated heterocycles. The summed E-state index contributed by atoms with van der Waals surface area (Å²) in [5.41, 5.74) is 0.214. The van der Waals surface area contributed by atoms with E-state index in [-0.39, 0.29) is 29.2 Å². The molecule has 0 fully saturated rings. The van der Waals surface area contributed by atoms with Gasteiger partial charge in [0.05, 0.1) is 5.56 Å². The van der Waals surface area contributed by atoms with E-state index in [2.05, 4.69) is 17.2 Å². The third-order valence-electron chi connectivity index (χ3n) is 3.43. The lowest BCUT2D eigenvalue weighted by Crippen LogP contribution is -2.48. The molecule has 0 unspecified atom stereocenters. The Hall–Kier alpha value is -1.90. The van der Waals surface area contributed by atoms with Crippen molar-refractivity contribution < 1.29 is 14.3 Å². The quantitative estimate of drug-likeness (QED) is 0.821. The summed E-state index contributed by atoms with van der Waals surface area (Å²) in [7, 11) is 3.86. The monoisotopic (exact) mass is 292 g/mol. The summed E-state index contributed by atoms with van der Waals surface area (Å²) < 4.78 is 13.8. The Morgan fingerprint density at radius 1 is 1.43 bits per heavy atom. The van der Waals surface area contributed by atoms with Crippen molar-refractivity contribution in [3.63, 3.8) is 0 Å². The molecule has 0 spiro atoms. The third-order valence-corrected chi connectivity index (χ3v) is 3.43. The highest BCUT2D eigenvalue weighted by Crippen LogP contribution is 2.11. The molecular formula is C16H21FN2O2. The summed E-state index contributed by atoms with van der Waals surface area (Å²) in [4.78, 5) is 14.0. The zero-order valence-corrected chi connectivity index (χ0v) is 12.8. The van der Waals surface area contributed by atoms with Gasteiger partial charge in [-0.2, -0.15) is 0 Å². The Labute approximate surface area is 125 Å². The lowest BCUT2D eigenvalue weighted by atomic mass is 10.0. The zero-order chi connectivity index (χ0) is 16.0. The van der Waals surface area contributed by atoms with Gasteiger partial charge in [0.25, 0.3) is 5.91 Å². The summed E-state index contributed by atoms with van der Waals surface area (Å²) in [6.07, 6.45) is 0. The van der Waals surface area contributed by atoms with Crippen LogP contribution >= 0.6 is 0 Å². The van der Waals surface area contributed by atoms with Gasteiger partial charge < -0.3 is 15.3 Å². The largest absolute Gasteiger partial charge is 0.384 e. The Morgan fingerprint density at radius 3 is 2.62 bits per heavy atom. The van der Waals surface area contributed by atoms with Crippen LogP contribution in [0.5, 0.6) is 0 Å². The molecule has 0 heterocycles. The third kappa shape index (κ3) is 4.85. The molecule has 4 nitrogen and oxygen atoms in total. The fourth-order valence-corrected chi connectivity index (χ4v) is 1.45. The van der Waals surface area contributed by atoms with Gasteiger partial charge in [0.1, 0.15) is 12.4 Å². The van der Waals surface area contributed by atoms with E-state index in [0.29, 0.717) is 6.54 Å². The first kappa shape index (κ1) is 17.2. The van der Waals surface area contributed by atoms with E-state index in [0.717, 1.165) is 6.07 Å². The molecule has 0 aromatic heterocycles. The molecule has 1 aromatic rings. The Morgan fingerprint density at radius 2 is 2.10 bits per heavy atom. The van der Waals surface area contributed by atoms with E-state index in [1.165, 1.54) is 12.1 Å². The fourth-order valence-electron chi connectivity index (χ4n) is 1.45. The molecule has 0 atom stereocenters. The van der Waals surface area contributed by atoms with E-state index >= 15 is 0 Å². The first-order valence-corrected chi connectivity index (χ1v) is 6.63. The fraction of sp³-hybridized carbons (Fsp3) is 0.438. The number of nitrogens with zero attached hydrogens (tertiary/aromatic N) is 1. The minimum atomic E-state index is -0.574. The van der Waals surface area contributed by atoms with Crippen molar-refractivity contribution in [2.45, 2.75) is 19.4 Å². The van der Waals surface area contributed by atoms with Crippen LogP contribution < -0.4 is 5.32 Å². The number of halogens is 1. The number of hydrogen-bond acceptors (Lipinski definition) is 3. The standard InChI is InChI=1S/C16H21FN2O2/c1-16(2,19(3)4)11-18-15(21)13-8-7-12(6-5-9-20)14(17)10-13/h7-8,10,20H,9,11H2,1-4H3,(H,18,21). The van der Waals surface area contributed by atoms with Crippen LogP contribution in [-0.2, 0) is 0 Å². The molecule has 1 rings (SSSR count). The number of carbonyl (C=O) groups is 1. The Bertz CT molecular complexity index is 571. The second-order valence-electron chi connectivity index (χ2n) is 5.54. The molecule has 0 saturated carbocycles. The van der Waals surface area contributed by atoms with Crippen LogP contribution in [0.4, 0.5) is 4.39 Å². The highest BCUT2D eigenvalue weighted by molar-refractivity contribution is 5.94. The zero-order valence-electron chi connectivity index (χ0n) is 12.8. The van der Waals surface area contributed by atoms with Crippen molar-refractivity contribution in [3.05, 3.63) is 35.1 Å². The van der Waals surface area contributed by atoms with Gasteiger partial charge in [-0.3, -0.25) is 4.79 Å². The summed E-state index contributed by atoms with van der Waals surface area (Å²) in [5, 5.41) is 11.4. The average Bonchev–Trinajstić information content (AvgIpc) is 2.43. The molecule has 1 amide bonds. The minimum Gasteiger partial charge on any atom is -0.384 e. The van der Waals surface area contributed by atoms with E-state index in [9.17, 15) is 9.18 Å². The maximum Gasteiger partial charge on any atom is 0.251 e. The van der Waals surface area contributed by atoms with Crippen LogP contribution in [0.3, 0.4) is 0 Å². The number of amides is 1. The molecule has 0 aliphatic heterocycles. The first-order chi connectivity index (χ1) is 9.77. The number of benzene rings is 1. The highest BCUT2D eigenvalue weighted by Gasteiger charge is 2.21. The Balaban J connectivity index is 2.78. The van der Waals surface area contributed by atoms with Crippen molar-refractivity contribution in [2.75, 3.05) is 27.2 Å². The number of hydrogen-bond donors (Lipinski definition) is 2. The maximum absolute atomic E-state index is 13.8. The molecule has 0 aliphatic carbocycles. The number of aliphatic hydroxyl groups excluding tert-OH is 1. The van der Waals surface area contributed by atoms with Crippen LogP contribution in [0.25, 0.3) is 0 Å². The predicted molar refractivity (Wildman–Crippen MR) is 80.5 cm³/mol. The normalized spacial score (nSPS) is 11.0. The van der Waals surface area contributed by atoms with Crippen LogP contribution in [0, 0.1) is 17.7 Å². The van der Waals surface area contributed by atoms with Crippen molar-refractivity contribution in [2.24, 2.45) is 0 Å². The number of likely N-dealkylation sites (N-methyl/N-ethyl adjacent to an activating group) is 1. The lowest BCUT2D eigenvalue weighted by molar-refractivity contribution is 0.0919. The highest BCUT2D eigenvalue weighted by atomic mass is 19.1. The molecule has 0 aliphatic rings. The summed E-state index contributed by atoms with van der Waals surface area (Å²) in [6, 6.07) is 4.10. The molecule has 1 aromatic carbocycles. The van der Waals surface area contributed by atoms with Gasteiger partial charge in [0.15, 0.2) is 0 Å². The second kappa shape index (κ2) is 7.21. The molecule has 21 heavy (non-hydrogen) atoms. The first-order valence-electron chi connectivity index (χ1n) is 6.63. The molecular weight excluding hydrogens is 271 g/mol.